The van der Waals surface area contributed by atoms with Gasteiger partial charge in [0.05, 0.1) is 19.0 Å². The molecule has 1 aliphatic heterocycles. The van der Waals surface area contributed by atoms with E-state index in [1.165, 1.54) is 11.1 Å². The SMILES string of the molecule is c1ccc(-c2ccc(OCCC3=NCCN3)cc2)cc1. The third-order valence-electron chi connectivity index (χ3n) is 3.31. The lowest BCUT2D eigenvalue weighted by molar-refractivity contribution is 0.328. The molecule has 3 rings (SSSR count). The summed E-state index contributed by atoms with van der Waals surface area (Å²) in [5.41, 5.74) is 2.43. The van der Waals surface area contributed by atoms with Crippen LogP contribution < -0.4 is 10.1 Å². The number of nitrogens with one attached hydrogen (secondary N) is 1. The topological polar surface area (TPSA) is 33.6 Å². The standard InChI is InChI=1S/C17H18N2O/c1-2-4-14(5-3-1)15-6-8-16(9-7-15)20-13-10-17-18-11-12-19-17/h1-9H,10-13H2,(H,18,19). The van der Waals surface area contributed by atoms with Crippen molar-refractivity contribution in [2.45, 2.75) is 6.42 Å². The van der Waals surface area contributed by atoms with Crippen molar-refractivity contribution in [1.29, 1.82) is 0 Å². The van der Waals surface area contributed by atoms with Crippen molar-refractivity contribution in [2.75, 3.05) is 19.7 Å². The van der Waals surface area contributed by atoms with Crippen molar-refractivity contribution in [3.63, 3.8) is 0 Å². The maximum absolute atomic E-state index is 5.74. The number of rotatable bonds is 5. The first-order chi connectivity index (χ1) is 9.92. The first kappa shape index (κ1) is 12.7. The van der Waals surface area contributed by atoms with E-state index in [1.807, 2.05) is 18.2 Å². The summed E-state index contributed by atoms with van der Waals surface area (Å²) >= 11 is 0. The molecule has 102 valence electrons. The molecule has 1 heterocycles. The van der Waals surface area contributed by atoms with Crippen LogP contribution in [0.15, 0.2) is 59.6 Å². The summed E-state index contributed by atoms with van der Waals surface area (Å²) in [4.78, 5) is 4.35. The average molecular weight is 266 g/mol. The zero-order chi connectivity index (χ0) is 13.6. The first-order valence-corrected chi connectivity index (χ1v) is 6.97. The van der Waals surface area contributed by atoms with Crippen molar-refractivity contribution < 1.29 is 4.74 Å². The maximum atomic E-state index is 5.74. The van der Waals surface area contributed by atoms with Gasteiger partial charge in [0.15, 0.2) is 0 Å². The molecule has 1 N–H and O–H groups in total. The lowest BCUT2D eigenvalue weighted by atomic mass is 10.1. The van der Waals surface area contributed by atoms with Crippen LogP contribution in [0.4, 0.5) is 0 Å². The summed E-state index contributed by atoms with van der Waals surface area (Å²) < 4.78 is 5.74. The Morgan fingerprint density at radius 1 is 0.950 bits per heavy atom. The second-order valence-electron chi connectivity index (χ2n) is 4.74. The Morgan fingerprint density at radius 2 is 1.70 bits per heavy atom. The largest absolute Gasteiger partial charge is 0.493 e. The molecule has 3 heteroatoms. The minimum Gasteiger partial charge on any atom is -0.493 e. The van der Waals surface area contributed by atoms with E-state index in [2.05, 4.69) is 46.7 Å². The Kier molecular flexibility index (Phi) is 3.97. The average Bonchev–Trinajstić information content (AvgIpc) is 3.02. The Labute approximate surface area is 119 Å². The molecule has 0 saturated carbocycles. The van der Waals surface area contributed by atoms with Gasteiger partial charge in [0.1, 0.15) is 5.75 Å². The van der Waals surface area contributed by atoms with Crippen LogP contribution in [-0.2, 0) is 0 Å². The van der Waals surface area contributed by atoms with Gasteiger partial charge < -0.3 is 10.1 Å². The number of hydrogen-bond acceptors (Lipinski definition) is 3. The number of hydrogen-bond donors (Lipinski definition) is 1. The van der Waals surface area contributed by atoms with Crippen LogP contribution in [0.1, 0.15) is 6.42 Å². The van der Waals surface area contributed by atoms with Crippen LogP contribution in [-0.4, -0.2) is 25.5 Å². The molecule has 0 aliphatic carbocycles. The smallest absolute Gasteiger partial charge is 0.119 e. The second kappa shape index (κ2) is 6.24. The predicted octanol–water partition coefficient (Wildman–Crippen LogP) is 3.12. The Balaban J connectivity index is 1.56. The third-order valence-corrected chi connectivity index (χ3v) is 3.31. The van der Waals surface area contributed by atoms with Crippen LogP contribution in [0.5, 0.6) is 5.75 Å². The van der Waals surface area contributed by atoms with Gasteiger partial charge in [0.2, 0.25) is 0 Å². The summed E-state index contributed by atoms with van der Waals surface area (Å²) in [6.45, 7) is 2.51. The molecule has 0 aromatic heterocycles. The van der Waals surface area contributed by atoms with Gasteiger partial charge in [-0.3, -0.25) is 4.99 Å². The number of amidine groups is 1. The van der Waals surface area contributed by atoms with Crippen LogP contribution in [0.2, 0.25) is 0 Å². The molecule has 3 nitrogen and oxygen atoms in total. The fourth-order valence-electron chi connectivity index (χ4n) is 2.25. The van der Waals surface area contributed by atoms with Gasteiger partial charge in [-0.1, -0.05) is 42.5 Å². The van der Waals surface area contributed by atoms with E-state index in [4.69, 9.17) is 4.74 Å². The highest BCUT2D eigenvalue weighted by Gasteiger charge is 2.04. The minimum atomic E-state index is 0.663. The van der Waals surface area contributed by atoms with E-state index >= 15 is 0 Å². The Hall–Kier alpha value is -2.29. The van der Waals surface area contributed by atoms with Crippen LogP contribution >= 0.6 is 0 Å². The predicted molar refractivity (Wildman–Crippen MR) is 82.3 cm³/mol. The van der Waals surface area contributed by atoms with E-state index < -0.39 is 0 Å². The monoisotopic (exact) mass is 266 g/mol. The van der Waals surface area contributed by atoms with Gasteiger partial charge in [-0.15, -0.1) is 0 Å². The molecular weight excluding hydrogens is 248 g/mol. The highest BCUT2D eigenvalue weighted by atomic mass is 16.5. The van der Waals surface area contributed by atoms with Crippen molar-refractivity contribution in [2.24, 2.45) is 4.99 Å². The Bertz CT molecular complexity index is 576. The summed E-state index contributed by atoms with van der Waals surface area (Å²) in [5, 5.41) is 3.24. The molecule has 0 amide bonds. The van der Waals surface area contributed by atoms with Crippen molar-refractivity contribution >= 4 is 5.84 Å². The number of ether oxygens (including phenoxy) is 1. The highest BCUT2D eigenvalue weighted by Crippen LogP contribution is 2.22. The Morgan fingerprint density at radius 3 is 2.40 bits per heavy atom. The molecule has 2 aromatic rings. The summed E-state index contributed by atoms with van der Waals surface area (Å²) in [6.07, 6.45) is 0.848. The summed E-state index contributed by atoms with van der Waals surface area (Å²) in [7, 11) is 0. The van der Waals surface area contributed by atoms with Gasteiger partial charge in [0, 0.05) is 13.0 Å². The van der Waals surface area contributed by atoms with Gasteiger partial charge in [-0.05, 0) is 23.3 Å². The van der Waals surface area contributed by atoms with Crippen molar-refractivity contribution in [1.82, 2.24) is 5.32 Å². The summed E-state index contributed by atoms with van der Waals surface area (Å²) in [6, 6.07) is 18.6. The first-order valence-electron chi connectivity index (χ1n) is 6.97. The fourth-order valence-corrected chi connectivity index (χ4v) is 2.25. The fraction of sp³-hybridized carbons (Fsp3) is 0.235. The van der Waals surface area contributed by atoms with E-state index in [-0.39, 0.29) is 0 Å². The molecule has 2 aromatic carbocycles. The van der Waals surface area contributed by atoms with E-state index in [0.717, 1.165) is 31.1 Å². The third kappa shape index (κ3) is 3.18. The molecule has 0 atom stereocenters. The highest BCUT2D eigenvalue weighted by molar-refractivity contribution is 5.83. The van der Waals surface area contributed by atoms with Crippen molar-refractivity contribution in [3.8, 4) is 16.9 Å². The molecule has 0 fully saturated rings. The molecular formula is C17H18N2O. The molecule has 0 spiro atoms. The molecule has 0 radical (unpaired) electrons. The lowest BCUT2D eigenvalue weighted by Crippen LogP contribution is -2.20. The summed E-state index contributed by atoms with van der Waals surface area (Å²) in [5.74, 6) is 1.97. The van der Waals surface area contributed by atoms with Gasteiger partial charge in [-0.25, -0.2) is 0 Å². The van der Waals surface area contributed by atoms with E-state index in [1.54, 1.807) is 0 Å². The number of nitrogens with zero attached hydrogens (tertiary/aromatic N) is 1. The van der Waals surface area contributed by atoms with E-state index in [0.29, 0.717) is 6.61 Å². The minimum absolute atomic E-state index is 0.663. The maximum Gasteiger partial charge on any atom is 0.119 e. The molecule has 0 saturated heterocycles. The number of benzene rings is 2. The quantitative estimate of drug-likeness (QED) is 0.902. The zero-order valence-electron chi connectivity index (χ0n) is 11.4. The van der Waals surface area contributed by atoms with Crippen LogP contribution in [0, 0.1) is 0 Å². The van der Waals surface area contributed by atoms with Crippen molar-refractivity contribution in [3.05, 3.63) is 54.6 Å². The lowest BCUT2D eigenvalue weighted by Gasteiger charge is -2.08. The van der Waals surface area contributed by atoms with Gasteiger partial charge in [-0.2, -0.15) is 0 Å². The van der Waals surface area contributed by atoms with E-state index in [9.17, 15) is 0 Å². The molecule has 20 heavy (non-hydrogen) atoms. The molecule has 0 bridgehead atoms. The van der Waals surface area contributed by atoms with Crippen LogP contribution in [0.3, 0.4) is 0 Å². The normalized spacial score (nSPS) is 13.7. The second-order valence-corrected chi connectivity index (χ2v) is 4.74. The molecule has 0 unspecified atom stereocenters. The molecule has 1 aliphatic rings. The number of aliphatic imine (C=N–C) groups is 1. The zero-order valence-corrected chi connectivity index (χ0v) is 11.4. The van der Waals surface area contributed by atoms with Crippen LogP contribution in [0.25, 0.3) is 11.1 Å². The van der Waals surface area contributed by atoms with Gasteiger partial charge >= 0.3 is 0 Å². The van der Waals surface area contributed by atoms with Gasteiger partial charge in [0.25, 0.3) is 0 Å².